The molecule has 0 bridgehead atoms. The molecule has 1 unspecified atom stereocenters. The number of nitrogens with one attached hydrogen (secondary N) is 1. The minimum Gasteiger partial charge on any atom is -0.301 e. The zero-order valence-electron chi connectivity index (χ0n) is 8.79. The Bertz CT molecular complexity index is 322. The van der Waals surface area contributed by atoms with E-state index >= 15 is 0 Å². The van der Waals surface area contributed by atoms with Crippen LogP contribution in [0, 0.1) is 4.64 Å². The van der Waals surface area contributed by atoms with Crippen LogP contribution in [0.4, 0.5) is 0 Å². The van der Waals surface area contributed by atoms with E-state index in [0.29, 0.717) is 12.0 Å². The van der Waals surface area contributed by atoms with Gasteiger partial charge >= 0.3 is 0 Å². The third-order valence-electron chi connectivity index (χ3n) is 2.42. The van der Waals surface area contributed by atoms with E-state index in [4.69, 9.17) is 12.2 Å². The summed E-state index contributed by atoms with van der Waals surface area (Å²) in [6, 6.07) is 2.53. The molecule has 0 aromatic carbocycles. The molecule has 0 aliphatic heterocycles. The lowest BCUT2D eigenvalue weighted by Gasteiger charge is -2.10. The van der Waals surface area contributed by atoms with Gasteiger partial charge in [-0.2, -0.15) is 0 Å². The van der Waals surface area contributed by atoms with Crippen molar-refractivity contribution in [3.8, 4) is 0 Å². The Balaban J connectivity index is 3.03. The monoisotopic (exact) mass is 198 g/mol. The van der Waals surface area contributed by atoms with Crippen molar-refractivity contribution in [2.75, 3.05) is 0 Å². The molecule has 0 spiro atoms. The molecule has 2 nitrogen and oxygen atoms in total. The average molecular weight is 198 g/mol. The van der Waals surface area contributed by atoms with Crippen molar-refractivity contribution in [3.63, 3.8) is 0 Å². The van der Waals surface area contributed by atoms with Gasteiger partial charge in [0.1, 0.15) is 4.64 Å². The highest BCUT2D eigenvalue weighted by Crippen LogP contribution is 2.16. The first kappa shape index (κ1) is 10.5. The molecule has 0 aliphatic carbocycles. The van der Waals surface area contributed by atoms with Crippen LogP contribution in [-0.2, 0) is 0 Å². The van der Waals surface area contributed by atoms with E-state index in [1.165, 1.54) is 5.69 Å². The molecule has 1 rings (SSSR count). The van der Waals surface area contributed by atoms with Crippen LogP contribution in [0.3, 0.4) is 0 Å². The number of hydrogen-bond donors (Lipinski definition) is 1. The van der Waals surface area contributed by atoms with E-state index in [-0.39, 0.29) is 0 Å². The highest BCUT2D eigenvalue weighted by molar-refractivity contribution is 7.71. The Morgan fingerprint density at radius 1 is 1.46 bits per heavy atom. The minimum absolute atomic E-state index is 0.472. The highest BCUT2D eigenvalue weighted by atomic mass is 32.1. The van der Waals surface area contributed by atoms with Crippen molar-refractivity contribution in [2.24, 2.45) is 0 Å². The number of nitrogens with zero attached hydrogens (tertiary/aromatic N) is 1. The third-order valence-corrected chi connectivity index (χ3v) is 2.73. The molecule has 74 valence electrons. The van der Waals surface area contributed by atoms with Crippen molar-refractivity contribution in [1.29, 1.82) is 0 Å². The predicted octanol–water partition coefficient (Wildman–Crippen LogP) is 3.64. The summed E-state index contributed by atoms with van der Waals surface area (Å²) in [5.74, 6) is 0.520. The van der Waals surface area contributed by atoms with Crippen molar-refractivity contribution in [1.82, 2.24) is 9.78 Å². The van der Waals surface area contributed by atoms with E-state index in [2.05, 4.69) is 43.5 Å². The predicted molar refractivity (Wildman–Crippen MR) is 58.7 cm³/mol. The maximum absolute atomic E-state index is 5.27. The summed E-state index contributed by atoms with van der Waals surface area (Å²) in [4.78, 5) is 0. The number of H-pyrrole nitrogens is 1. The van der Waals surface area contributed by atoms with Gasteiger partial charge in [0.05, 0.1) is 0 Å². The zero-order valence-corrected chi connectivity index (χ0v) is 9.61. The average Bonchev–Trinajstić information content (AvgIpc) is 2.46. The molecular formula is C10H18N2S. The van der Waals surface area contributed by atoms with Gasteiger partial charge in [-0.1, -0.05) is 33.0 Å². The molecule has 0 amide bonds. The van der Waals surface area contributed by atoms with Crippen LogP contribution in [0.25, 0.3) is 0 Å². The fourth-order valence-electron chi connectivity index (χ4n) is 1.23. The summed E-state index contributed by atoms with van der Waals surface area (Å²) in [7, 11) is 0. The lowest BCUT2D eigenvalue weighted by Crippen LogP contribution is -2.06. The fraction of sp³-hybridized carbons (Fsp3) is 0.700. The normalized spacial score (nSPS) is 13.6. The third kappa shape index (κ3) is 2.21. The SMILES string of the molecule is CCC(C)n1[nH]c(C(C)C)cc1=S. The van der Waals surface area contributed by atoms with Gasteiger partial charge in [-0.25, -0.2) is 0 Å². The quantitative estimate of drug-likeness (QED) is 0.735. The maximum atomic E-state index is 5.27. The number of hydrogen-bond acceptors (Lipinski definition) is 1. The molecule has 0 saturated carbocycles. The van der Waals surface area contributed by atoms with Crippen LogP contribution >= 0.6 is 12.2 Å². The maximum Gasteiger partial charge on any atom is 0.122 e. The van der Waals surface area contributed by atoms with Crippen LogP contribution in [0.15, 0.2) is 6.07 Å². The first-order chi connectivity index (χ1) is 6.06. The van der Waals surface area contributed by atoms with Gasteiger partial charge in [0.15, 0.2) is 0 Å². The summed E-state index contributed by atoms with van der Waals surface area (Å²) >= 11 is 5.27. The Morgan fingerprint density at radius 2 is 2.08 bits per heavy atom. The molecule has 1 aromatic rings. The van der Waals surface area contributed by atoms with E-state index in [0.717, 1.165) is 11.1 Å². The van der Waals surface area contributed by atoms with Crippen LogP contribution in [0.5, 0.6) is 0 Å². The van der Waals surface area contributed by atoms with Gasteiger partial charge in [0.2, 0.25) is 0 Å². The summed E-state index contributed by atoms with van der Waals surface area (Å²) in [5, 5.41) is 3.34. The standard InChI is InChI=1S/C10H18N2S/c1-5-8(4)12-10(13)6-9(11-12)7(2)3/h6-8,11H,5H2,1-4H3. The summed E-state index contributed by atoms with van der Waals surface area (Å²) in [6.45, 7) is 8.68. The van der Waals surface area contributed by atoms with Gasteiger partial charge < -0.3 is 5.10 Å². The van der Waals surface area contributed by atoms with Crippen LogP contribution < -0.4 is 0 Å². The van der Waals surface area contributed by atoms with E-state index in [9.17, 15) is 0 Å². The van der Waals surface area contributed by atoms with Crippen molar-refractivity contribution in [3.05, 3.63) is 16.4 Å². The molecule has 13 heavy (non-hydrogen) atoms. The summed E-state index contributed by atoms with van der Waals surface area (Å²) < 4.78 is 2.99. The van der Waals surface area contributed by atoms with E-state index < -0.39 is 0 Å². The molecule has 1 aromatic heterocycles. The molecule has 3 heteroatoms. The van der Waals surface area contributed by atoms with Crippen molar-refractivity contribution < 1.29 is 0 Å². The topological polar surface area (TPSA) is 20.7 Å². The van der Waals surface area contributed by atoms with E-state index in [1.54, 1.807) is 0 Å². The smallest absolute Gasteiger partial charge is 0.122 e. The van der Waals surface area contributed by atoms with Crippen LogP contribution in [0.2, 0.25) is 0 Å². The van der Waals surface area contributed by atoms with Crippen molar-refractivity contribution >= 4 is 12.2 Å². The number of aromatic nitrogens is 2. The second-order valence-electron chi connectivity index (χ2n) is 3.83. The Kier molecular flexibility index (Phi) is 3.31. The van der Waals surface area contributed by atoms with Crippen LogP contribution in [0.1, 0.15) is 51.8 Å². The van der Waals surface area contributed by atoms with Gasteiger partial charge in [0.25, 0.3) is 0 Å². The van der Waals surface area contributed by atoms with Gasteiger partial charge in [-0.3, -0.25) is 4.68 Å². The first-order valence-corrected chi connectivity index (χ1v) is 5.28. The molecular weight excluding hydrogens is 180 g/mol. The van der Waals surface area contributed by atoms with Gasteiger partial charge in [0, 0.05) is 11.7 Å². The molecule has 0 saturated heterocycles. The first-order valence-electron chi connectivity index (χ1n) is 4.87. The van der Waals surface area contributed by atoms with E-state index in [1.807, 2.05) is 0 Å². The lowest BCUT2D eigenvalue weighted by atomic mass is 10.1. The molecule has 1 heterocycles. The Hall–Kier alpha value is -0.570. The second kappa shape index (κ2) is 4.09. The number of aromatic amines is 1. The second-order valence-corrected chi connectivity index (χ2v) is 4.25. The van der Waals surface area contributed by atoms with Crippen molar-refractivity contribution in [2.45, 2.75) is 46.1 Å². The molecule has 1 atom stereocenters. The Morgan fingerprint density at radius 3 is 2.46 bits per heavy atom. The molecule has 0 aliphatic rings. The zero-order chi connectivity index (χ0) is 10.0. The van der Waals surface area contributed by atoms with Crippen LogP contribution in [-0.4, -0.2) is 9.78 Å². The molecule has 0 radical (unpaired) electrons. The fourth-order valence-corrected chi connectivity index (χ4v) is 1.59. The lowest BCUT2D eigenvalue weighted by molar-refractivity contribution is 0.467. The number of rotatable bonds is 3. The summed E-state index contributed by atoms with van der Waals surface area (Å²) in [6.07, 6.45) is 1.10. The summed E-state index contributed by atoms with van der Waals surface area (Å²) in [5.41, 5.74) is 1.23. The molecule has 0 fully saturated rings. The molecule has 1 N–H and O–H groups in total. The highest BCUT2D eigenvalue weighted by Gasteiger charge is 2.07. The Labute approximate surface area is 85.0 Å². The van der Waals surface area contributed by atoms with Gasteiger partial charge in [-0.05, 0) is 25.3 Å². The minimum atomic E-state index is 0.472. The van der Waals surface area contributed by atoms with Gasteiger partial charge in [-0.15, -0.1) is 0 Å². The largest absolute Gasteiger partial charge is 0.301 e.